The van der Waals surface area contributed by atoms with Crippen molar-refractivity contribution in [1.82, 2.24) is 0 Å². The quantitative estimate of drug-likeness (QED) is 0.462. The molecule has 7 heteroatoms. The number of hydrogen-bond donors (Lipinski definition) is 4. The van der Waals surface area contributed by atoms with E-state index in [2.05, 4.69) is 0 Å². The molecule has 1 heterocycles. The lowest BCUT2D eigenvalue weighted by atomic mass is 9.80. The van der Waals surface area contributed by atoms with E-state index in [-0.39, 0.29) is 0 Å². The lowest BCUT2D eigenvalue weighted by Gasteiger charge is -2.22. The highest BCUT2D eigenvalue weighted by Gasteiger charge is 2.67. The van der Waals surface area contributed by atoms with E-state index in [1.165, 1.54) is 20.8 Å². The first-order chi connectivity index (χ1) is 7.55. The standard InChI is InChI=1S/C10H16O7/c1-9(2,8(15)16)7-10(3,17-7)5(12)4(11)6(13)14/h4-5,7,11-12H,1-3H3,(H,13,14)(H,15,16)/t4?,5?,7-,10?/m1/s1. The van der Waals surface area contributed by atoms with Crippen LogP contribution in [0.4, 0.5) is 0 Å². The second-order valence-electron chi connectivity index (χ2n) is 4.94. The van der Waals surface area contributed by atoms with Crippen molar-refractivity contribution in [2.45, 2.75) is 44.7 Å². The van der Waals surface area contributed by atoms with Gasteiger partial charge in [0.05, 0.1) is 5.41 Å². The lowest BCUT2D eigenvalue weighted by Crippen LogP contribution is -2.47. The average Bonchev–Trinajstić information content (AvgIpc) is 2.90. The van der Waals surface area contributed by atoms with Crippen LogP contribution in [-0.2, 0) is 14.3 Å². The minimum absolute atomic E-state index is 0.850. The van der Waals surface area contributed by atoms with Crippen molar-refractivity contribution in [1.29, 1.82) is 0 Å². The van der Waals surface area contributed by atoms with Gasteiger partial charge in [-0.2, -0.15) is 0 Å². The van der Waals surface area contributed by atoms with Crippen LogP contribution >= 0.6 is 0 Å². The van der Waals surface area contributed by atoms with Crippen LogP contribution in [-0.4, -0.2) is 56.3 Å². The number of aliphatic hydroxyl groups excluding tert-OH is 2. The zero-order valence-corrected chi connectivity index (χ0v) is 9.75. The molecule has 4 atom stereocenters. The van der Waals surface area contributed by atoms with Crippen molar-refractivity contribution in [2.24, 2.45) is 5.41 Å². The van der Waals surface area contributed by atoms with Gasteiger partial charge in [-0.25, -0.2) is 4.79 Å². The van der Waals surface area contributed by atoms with Crippen molar-refractivity contribution in [3.8, 4) is 0 Å². The number of carboxylic acid groups (broad SMARTS) is 2. The van der Waals surface area contributed by atoms with Crippen LogP contribution in [0, 0.1) is 5.41 Å². The molecular formula is C10H16O7. The van der Waals surface area contributed by atoms with E-state index in [4.69, 9.17) is 14.9 Å². The van der Waals surface area contributed by atoms with Gasteiger partial charge >= 0.3 is 11.9 Å². The number of hydrogen-bond acceptors (Lipinski definition) is 5. The van der Waals surface area contributed by atoms with Gasteiger partial charge in [-0.05, 0) is 20.8 Å². The highest BCUT2D eigenvalue weighted by Crippen LogP contribution is 2.50. The van der Waals surface area contributed by atoms with Crippen molar-refractivity contribution in [2.75, 3.05) is 0 Å². The number of ether oxygens (including phenoxy) is 1. The maximum atomic E-state index is 11.0. The Morgan fingerprint density at radius 2 is 1.76 bits per heavy atom. The Morgan fingerprint density at radius 1 is 1.29 bits per heavy atom. The number of rotatable bonds is 5. The number of carbonyl (C=O) groups is 2. The molecule has 1 saturated heterocycles. The summed E-state index contributed by atoms with van der Waals surface area (Å²) in [4.78, 5) is 21.5. The molecule has 0 aromatic carbocycles. The van der Waals surface area contributed by atoms with Crippen molar-refractivity contribution >= 4 is 11.9 Å². The van der Waals surface area contributed by atoms with Crippen LogP contribution in [0.2, 0.25) is 0 Å². The summed E-state index contributed by atoms with van der Waals surface area (Å²) < 4.78 is 5.11. The Kier molecular flexibility index (Phi) is 3.21. The third kappa shape index (κ3) is 2.13. The average molecular weight is 248 g/mol. The fraction of sp³-hybridized carbons (Fsp3) is 0.800. The molecule has 0 aliphatic carbocycles. The SMILES string of the molecule is CC(C)(C(=O)O)[C@H]1OC1(C)C(O)C(O)C(=O)O. The molecule has 0 amide bonds. The van der Waals surface area contributed by atoms with E-state index in [1.807, 2.05) is 0 Å². The molecule has 1 aliphatic rings. The van der Waals surface area contributed by atoms with Gasteiger partial charge in [-0.15, -0.1) is 0 Å². The zero-order valence-electron chi connectivity index (χ0n) is 9.75. The molecule has 17 heavy (non-hydrogen) atoms. The van der Waals surface area contributed by atoms with Gasteiger partial charge in [-0.3, -0.25) is 4.79 Å². The van der Waals surface area contributed by atoms with Crippen molar-refractivity contribution in [3.05, 3.63) is 0 Å². The van der Waals surface area contributed by atoms with Crippen LogP contribution in [0.1, 0.15) is 20.8 Å². The van der Waals surface area contributed by atoms with E-state index < -0.39 is 41.3 Å². The van der Waals surface area contributed by atoms with Crippen LogP contribution in [0.5, 0.6) is 0 Å². The van der Waals surface area contributed by atoms with Gasteiger partial charge in [0.25, 0.3) is 0 Å². The van der Waals surface area contributed by atoms with Crippen molar-refractivity contribution in [3.63, 3.8) is 0 Å². The normalized spacial score (nSPS) is 31.7. The van der Waals surface area contributed by atoms with Gasteiger partial charge in [-0.1, -0.05) is 0 Å². The first-order valence-electron chi connectivity index (χ1n) is 5.05. The summed E-state index contributed by atoms with van der Waals surface area (Å²) in [5, 5.41) is 36.4. The number of epoxide rings is 1. The molecule has 0 spiro atoms. The summed E-state index contributed by atoms with van der Waals surface area (Å²) in [6.45, 7) is 4.19. The molecule has 4 N–H and O–H groups in total. The first kappa shape index (κ1) is 13.9. The molecule has 1 aliphatic heterocycles. The summed E-state index contributed by atoms with van der Waals surface area (Å²) >= 11 is 0. The highest BCUT2D eigenvalue weighted by atomic mass is 16.6. The molecule has 1 rings (SSSR count). The maximum absolute atomic E-state index is 11.0. The molecule has 98 valence electrons. The molecular weight excluding hydrogens is 232 g/mol. The summed E-state index contributed by atoms with van der Waals surface area (Å²) in [6.07, 6.45) is -4.53. The van der Waals surface area contributed by atoms with Gasteiger partial charge in [0.2, 0.25) is 0 Å². The van der Waals surface area contributed by atoms with Crippen LogP contribution in [0.25, 0.3) is 0 Å². The van der Waals surface area contributed by atoms with Crippen LogP contribution in [0.3, 0.4) is 0 Å². The summed E-state index contributed by atoms with van der Waals surface area (Å²) in [6, 6.07) is 0. The zero-order chi connectivity index (χ0) is 13.6. The smallest absolute Gasteiger partial charge is 0.335 e. The molecule has 3 unspecified atom stereocenters. The van der Waals surface area contributed by atoms with Gasteiger partial charge < -0.3 is 25.2 Å². The van der Waals surface area contributed by atoms with Crippen LogP contribution < -0.4 is 0 Å². The highest BCUT2D eigenvalue weighted by molar-refractivity contribution is 5.76. The third-order valence-electron chi connectivity index (χ3n) is 3.18. The summed E-state index contributed by atoms with van der Waals surface area (Å²) in [7, 11) is 0. The Labute approximate surface area is 97.6 Å². The molecule has 0 radical (unpaired) electrons. The van der Waals surface area contributed by atoms with E-state index in [0.717, 1.165) is 0 Å². The number of aliphatic hydroxyl groups is 2. The van der Waals surface area contributed by atoms with E-state index in [0.29, 0.717) is 0 Å². The lowest BCUT2D eigenvalue weighted by molar-refractivity contribution is -0.155. The first-order valence-corrected chi connectivity index (χ1v) is 5.05. The minimum Gasteiger partial charge on any atom is -0.481 e. The Balaban J connectivity index is 2.83. The maximum Gasteiger partial charge on any atom is 0.335 e. The summed E-state index contributed by atoms with van der Waals surface area (Å²) in [5.41, 5.74) is -2.63. The Morgan fingerprint density at radius 3 is 2.12 bits per heavy atom. The summed E-state index contributed by atoms with van der Waals surface area (Å²) in [5.74, 6) is -2.70. The fourth-order valence-electron chi connectivity index (χ4n) is 1.87. The Hall–Kier alpha value is -1.18. The van der Waals surface area contributed by atoms with E-state index in [9.17, 15) is 19.8 Å². The molecule has 0 aromatic rings. The number of aliphatic carboxylic acids is 2. The molecule has 0 saturated carbocycles. The predicted octanol–water partition coefficient (Wildman–Crippen LogP) is -0.939. The van der Waals surface area contributed by atoms with E-state index in [1.54, 1.807) is 0 Å². The number of carboxylic acids is 2. The molecule has 7 nitrogen and oxygen atoms in total. The van der Waals surface area contributed by atoms with Gasteiger partial charge in [0, 0.05) is 0 Å². The second kappa shape index (κ2) is 3.94. The monoisotopic (exact) mass is 248 g/mol. The molecule has 1 fully saturated rings. The predicted molar refractivity (Wildman–Crippen MR) is 54.3 cm³/mol. The van der Waals surface area contributed by atoms with Crippen LogP contribution in [0.15, 0.2) is 0 Å². The molecule has 0 bridgehead atoms. The molecule has 0 aromatic heterocycles. The van der Waals surface area contributed by atoms with E-state index >= 15 is 0 Å². The Bertz CT molecular complexity index is 351. The second-order valence-corrected chi connectivity index (χ2v) is 4.94. The van der Waals surface area contributed by atoms with Gasteiger partial charge in [0.1, 0.15) is 17.8 Å². The topological polar surface area (TPSA) is 128 Å². The minimum atomic E-state index is -2.01. The largest absolute Gasteiger partial charge is 0.481 e. The van der Waals surface area contributed by atoms with Gasteiger partial charge in [0.15, 0.2) is 6.10 Å². The fourth-order valence-corrected chi connectivity index (χ4v) is 1.87. The third-order valence-corrected chi connectivity index (χ3v) is 3.18. The van der Waals surface area contributed by atoms with Crippen molar-refractivity contribution < 1.29 is 34.8 Å².